The summed E-state index contributed by atoms with van der Waals surface area (Å²) >= 11 is 0. The smallest absolute Gasteiger partial charge is 0.410 e. The molecule has 1 rings (SSSR count). The lowest BCUT2D eigenvalue weighted by Gasteiger charge is -2.37. The maximum absolute atomic E-state index is 11.5. The van der Waals surface area contributed by atoms with Crippen LogP contribution in [0.5, 0.6) is 0 Å². The molecule has 0 atom stereocenters. The van der Waals surface area contributed by atoms with Crippen LogP contribution in [0, 0.1) is 0 Å². The van der Waals surface area contributed by atoms with Gasteiger partial charge in [0.15, 0.2) is 0 Å². The van der Waals surface area contributed by atoms with Crippen LogP contribution in [-0.2, 0) is 4.74 Å². The number of carbonyl (C=O) groups is 1. The van der Waals surface area contributed by atoms with Crippen LogP contribution in [-0.4, -0.2) is 42.8 Å². The van der Waals surface area contributed by atoms with E-state index >= 15 is 0 Å². The number of carbonyl (C=O) groups excluding carboxylic acids is 1. The van der Waals surface area contributed by atoms with Crippen molar-refractivity contribution in [3.8, 4) is 0 Å². The van der Waals surface area contributed by atoms with E-state index in [4.69, 9.17) is 4.74 Å². The number of amides is 1. The van der Waals surface area contributed by atoms with Gasteiger partial charge in [-0.3, -0.25) is 0 Å². The molecule has 0 spiro atoms. The van der Waals surface area contributed by atoms with Crippen LogP contribution in [0.15, 0.2) is 0 Å². The standard InChI is InChI=1S/C9H18N2O2/c1-4-11(8-5-10-6-8)9(12)13-7(2)3/h7-8,10H,4-6H2,1-3H3. The Kier molecular flexibility index (Phi) is 3.54. The van der Waals surface area contributed by atoms with E-state index in [-0.39, 0.29) is 12.2 Å². The molecule has 0 aromatic rings. The molecule has 1 saturated heterocycles. The van der Waals surface area contributed by atoms with Gasteiger partial charge >= 0.3 is 6.09 Å². The Balaban J connectivity index is 2.40. The number of likely N-dealkylation sites (N-methyl/N-ethyl adjacent to an activating group) is 1. The molecule has 0 bridgehead atoms. The number of ether oxygens (including phenoxy) is 1. The second-order valence-electron chi connectivity index (χ2n) is 3.53. The highest BCUT2D eigenvalue weighted by Gasteiger charge is 2.28. The molecule has 1 fully saturated rings. The largest absolute Gasteiger partial charge is 0.447 e. The van der Waals surface area contributed by atoms with Crippen molar-refractivity contribution in [3.63, 3.8) is 0 Å². The number of rotatable bonds is 3. The van der Waals surface area contributed by atoms with Gasteiger partial charge in [-0.15, -0.1) is 0 Å². The average Bonchev–Trinajstić information content (AvgIpc) is 1.94. The Bertz CT molecular complexity index is 178. The molecule has 13 heavy (non-hydrogen) atoms. The van der Waals surface area contributed by atoms with E-state index in [9.17, 15) is 4.79 Å². The summed E-state index contributed by atoms with van der Waals surface area (Å²) in [6.07, 6.45) is -0.224. The first-order valence-electron chi connectivity index (χ1n) is 4.83. The minimum atomic E-state index is -0.191. The summed E-state index contributed by atoms with van der Waals surface area (Å²) in [5.74, 6) is 0. The molecular weight excluding hydrogens is 168 g/mol. The highest BCUT2D eigenvalue weighted by molar-refractivity contribution is 5.68. The summed E-state index contributed by atoms with van der Waals surface area (Å²) in [5, 5.41) is 3.13. The van der Waals surface area contributed by atoms with Gasteiger partial charge in [-0.2, -0.15) is 0 Å². The molecule has 1 N–H and O–H groups in total. The zero-order chi connectivity index (χ0) is 9.84. The third-order valence-electron chi connectivity index (χ3n) is 2.11. The zero-order valence-electron chi connectivity index (χ0n) is 8.54. The molecule has 1 aliphatic heterocycles. The zero-order valence-corrected chi connectivity index (χ0v) is 8.54. The van der Waals surface area contributed by atoms with E-state index < -0.39 is 0 Å². The fourth-order valence-electron chi connectivity index (χ4n) is 1.30. The Morgan fingerprint density at radius 1 is 1.62 bits per heavy atom. The average molecular weight is 186 g/mol. The minimum absolute atomic E-state index is 0.0328. The quantitative estimate of drug-likeness (QED) is 0.709. The van der Waals surface area contributed by atoms with Crippen molar-refractivity contribution in [2.45, 2.75) is 32.9 Å². The van der Waals surface area contributed by atoms with Gasteiger partial charge in [0.2, 0.25) is 0 Å². The summed E-state index contributed by atoms with van der Waals surface area (Å²) in [7, 11) is 0. The molecule has 0 aromatic carbocycles. The second-order valence-corrected chi connectivity index (χ2v) is 3.53. The van der Waals surface area contributed by atoms with E-state index in [2.05, 4.69) is 5.32 Å². The molecule has 1 amide bonds. The topological polar surface area (TPSA) is 41.6 Å². The van der Waals surface area contributed by atoms with Gasteiger partial charge in [0, 0.05) is 19.6 Å². The molecule has 0 aliphatic carbocycles. The second kappa shape index (κ2) is 4.46. The molecule has 76 valence electrons. The van der Waals surface area contributed by atoms with Crippen LogP contribution in [0.3, 0.4) is 0 Å². The van der Waals surface area contributed by atoms with Crippen LogP contribution in [0.1, 0.15) is 20.8 Å². The molecule has 4 nitrogen and oxygen atoms in total. The lowest BCUT2D eigenvalue weighted by molar-refractivity contribution is 0.0556. The monoisotopic (exact) mass is 186 g/mol. The van der Waals surface area contributed by atoms with Crippen LogP contribution in [0.4, 0.5) is 4.79 Å². The summed E-state index contributed by atoms with van der Waals surface area (Å²) in [4.78, 5) is 13.3. The molecule has 0 unspecified atom stereocenters. The van der Waals surface area contributed by atoms with Gasteiger partial charge < -0.3 is 15.0 Å². The predicted molar refractivity (Wildman–Crippen MR) is 50.7 cm³/mol. The van der Waals surface area contributed by atoms with E-state index in [0.29, 0.717) is 6.04 Å². The fourth-order valence-corrected chi connectivity index (χ4v) is 1.30. The fraction of sp³-hybridized carbons (Fsp3) is 0.889. The Morgan fingerprint density at radius 3 is 2.54 bits per heavy atom. The number of nitrogens with zero attached hydrogens (tertiary/aromatic N) is 1. The number of hydrogen-bond acceptors (Lipinski definition) is 3. The Morgan fingerprint density at radius 2 is 2.23 bits per heavy atom. The number of nitrogens with one attached hydrogen (secondary N) is 1. The molecular formula is C9H18N2O2. The first-order valence-corrected chi connectivity index (χ1v) is 4.83. The lowest BCUT2D eigenvalue weighted by atomic mass is 10.1. The van der Waals surface area contributed by atoms with Gasteiger partial charge in [-0.1, -0.05) is 0 Å². The molecule has 1 aliphatic rings. The maximum atomic E-state index is 11.5. The van der Waals surface area contributed by atoms with Crippen molar-refractivity contribution in [2.24, 2.45) is 0 Å². The molecule has 0 radical (unpaired) electrons. The van der Waals surface area contributed by atoms with Crippen molar-refractivity contribution in [3.05, 3.63) is 0 Å². The highest BCUT2D eigenvalue weighted by atomic mass is 16.6. The highest BCUT2D eigenvalue weighted by Crippen LogP contribution is 2.07. The summed E-state index contributed by atoms with van der Waals surface area (Å²) in [6.45, 7) is 8.20. The van der Waals surface area contributed by atoms with Crippen molar-refractivity contribution in [1.82, 2.24) is 10.2 Å². The van der Waals surface area contributed by atoms with Crippen LogP contribution in [0.25, 0.3) is 0 Å². The molecule has 4 heteroatoms. The normalized spacial score (nSPS) is 16.9. The van der Waals surface area contributed by atoms with Crippen molar-refractivity contribution in [2.75, 3.05) is 19.6 Å². The molecule has 1 heterocycles. The third-order valence-corrected chi connectivity index (χ3v) is 2.11. The molecule has 0 aromatic heterocycles. The maximum Gasteiger partial charge on any atom is 0.410 e. The molecule has 0 saturated carbocycles. The van der Waals surface area contributed by atoms with Gasteiger partial charge in [-0.25, -0.2) is 4.79 Å². The summed E-state index contributed by atoms with van der Waals surface area (Å²) in [6, 6.07) is 0.330. The Labute approximate surface area is 79.2 Å². The minimum Gasteiger partial charge on any atom is -0.447 e. The lowest BCUT2D eigenvalue weighted by Crippen LogP contribution is -2.59. The first kappa shape index (κ1) is 10.3. The number of hydrogen-bond donors (Lipinski definition) is 1. The summed E-state index contributed by atoms with van der Waals surface area (Å²) < 4.78 is 5.12. The van der Waals surface area contributed by atoms with Crippen LogP contribution in [0.2, 0.25) is 0 Å². The Hall–Kier alpha value is -0.770. The van der Waals surface area contributed by atoms with Crippen molar-refractivity contribution in [1.29, 1.82) is 0 Å². The first-order chi connectivity index (χ1) is 6.15. The van der Waals surface area contributed by atoms with Gasteiger partial charge in [0.1, 0.15) is 0 Å². The summed E-state index contributed by atoms with van der Waals surface area (Å²) in [5.41, 5.74) is 0. The SMILES string of the molecule is CCN(C(=O)OC(C)C)C1CNC1. The van der Waals surface area contributed by atoms with Gasteiger partial charge in [0.05, 0.1) is 12.1 Å². The predicted octanol–water partition coefficient (Wildman–Crippen LogP) is 0.825. The van der Waals surface area contributed by atoms with E-state index in [0.717, 1.165) is 19.6 Å². The van der Waals surface area contributed by atoms with Crippen LogP contribution < -0.4 is 5.32 Å². The van der Waals surface area contributed by atoms with Crippen LogP contribution >= 0.6 is 0 Å². The third kappa shape index (κ3) is 2.59. The van der Waals surface area contributed by atoms with E-state index in [1.165, 1.54) is 0 Å². The van der Waals surface area contributed by atoms with E-state index in [1.54, 1.807) is 4.90 Å². The van der Waals surface area contributed by atoms with Crippen molar-refractivity contribution < 1.29 is 9.53 Å². The van der Waals surface area contributed by atoms with Gasteiger partial charge in [-0.05, 0) is 20.8 Å². The van der Waals surface area contributed by atoms with Gasteiger partial charge in [0.25, 0.3) is 0 Å². The van der Waals surface area contributed by atoms with Crippen molar-refractivity contribution >= 4 is 6.09 Å². The van der Waals surface area contributed by atoms with E-state index in [1.807, 2.05) is 20.8 Å².